The quantitative estimate of drug-likeness (QED) is 0.473. The molecule has 4 aliphatic rings. The maximum atomic E-state index is 14.0. The lowest BCUT2D eigenvalue weighted by molar-refractivity contribution is -0.141. The molecule has 0 aromatic carbocycles. The van der Waals surface area contributed by atoms with Gasteiger partial charge in [0.05, 0.1) is 6.10 Å². The summed E-state index contributed by atoms with van der Waals surface area (Å²) in [5.41, 5.74) is 2.07. The molecule has 0 saturated heterocycles. The van der Waals surface area contributed by atoms with Gasteiger partial charge in [0, 0.05) is 34.8 Å². The maximum Gasteiger partial charge on any atom is 0.160 e. The number of allylic oxidation sites excluding steroid dienone is 4. The van der Waals surface area contributed by atoms with Crippen molar-refractivity contribution in [2.75, 3.05) is 0 Å². The number of hydrogen-bond donors (Lipinski definition) is 1. The Morgan fingerprint density at radius 1 is 1.03 bits per heavy atom. The lowest BCUT2D eigenvalue weighted by atomic mass is 9.43. The molecule has 0 unspecified atom stereocenters. The van der Waals surface area contributed by atoms with Crippen molar-refractivity contribution in [1.82, 2.24) is 0 Å². The van der Waals surface area contributed by atoms with Gasteiger partial charge in [-0.15, -0.1) is 0 Å². The van der Waals surface area contributed by atoms with E-state index in [1.165, 1.54) is 5.57 Å². The van der Waals surface area contributed by atoms with Crippen LogP contribution in [0.3, 0.4) is 0 Å². The van der Waals surface area contributed by atoms with Crippen LogP contribution in [-0.2, 0) is 9.59 Å². The van der Waals surface area contributed by atoms with E-state index in [1.54, 1.807) is 0 Å². The first-order valence-electron chi connectivity index (χ1n) is 13.3. The number of fused-ring (bicyclic) bond motifs is 4. The molecule has 33 heavy (non-hydrogen) atoms. The maximum absolute atomic E-state index is 14.0. The second-order valence-electron chi connectivity index (χ2n) is 13.6. The van der Waals surface area contributed by atoms with Crippen LogP contribution in [0.25, 0.3) is 0 Å². The van der Waals surface area contributed by atoms with Gasteiger partial charge in [-0.05, 0) is 81.0 Å². The van der Waals surface area contributed by atoms with Crippen molar-refractivity contribution in [3.63, 3.8) is 0 Å². The van der Waals surface area contributed by atoms with Gasteiger partial charge in [-0.3, -0.25) is 9.59 Å². The summed E-state index contributed by atoms with van der Waals surface area (Å²) in [5, 5.41) is 10.8. The topological polar surface area (TPSA) is 54.4 Å². The van der Waals surface area contributed by atoms with Crippen molar-refractivity contribution in [2.24, 2.45) is 39.4 Å². The third-order valence-electron chi connectivity index (χ3n) is 11.2. The van der Waals surface area contributed by atoms with Gasteiger partial charge in [0.2, 0.25) is 0 Å². The van der Waals surface area contributed by atoms with Gasteiger partial charge in [0.25, 0.3) is 0 Å². The summed E-state index contributed by atoms with van der Waals surface area (Å²) in [6, 6.07) is 0. The van der Waals surface area contributed by atoms with E-state index in [9.17, 15) is 14.7 Å². The van der Waals surface area contributed by atoms with Gasteiger partial charge in [-0.25, -0.2) is 0 Å². The van der Waals surface area contributed by atoms with Crippen molar-refractivity contribution in [3.8, 4) is 0 Å². The van der Waals surface area contributed by atoms with Gasteiger partial charge >= 0.3 is 0 Å². The van der Waals surface area contributed by atoms with Crippen LogP contribution < -0.4 is 0 Å². The van der Waals surface area contributed by atoms with E-state index in [4.69, 9.17) is 0 Å². The zero-order valence-corrected chi connectivity index (χ0v) is 22.3. The Morgan fingerprint density at radius 3 is 2.33 bits per heavy atom. The van der Waals surface area contributed by atoms with Crippen molar-refractivity contribution in [2.45, 2.75) is 113 Å². The monoisotopic (exact) mass is 454 g/mol. The normalized spacial score (nSPS) is 43.0. The molecule has 184 valence electrons. The number of Topliss-reactive ketones (excluding diaryl/α,β-unsaturated/α-hetero) is 2. The number of carbonyl (C=O) groups excluding carboxylic acids is 2. The van der Waals surface area contributed by atoms with Gasteiger partial charge in [0.15, 0.2) is 11.6 Å². The second kappa shape index (κ2) is 7.90. The average molecular weight is 455 g/mol. The van der Waals surface area contributed by atoms with Crippen molar-refractivity contribution >= 4 is 11.6 Å². The summed E-state index contributed by atoms with van der Waals surface area (Å²) in [4.78, 5) is 27.9. The Morgan fingerprint density at radius 2 is 1.70 bits per heavy atom. The summed E-state index contributed by atoms with van der Waals surface area (Å²) in [5.74, 6) is 1.44. The predicted octanol–water partition coefficient (Wildman–Crippen LogP) is 6.84. The van der Waals surface area contributed by atoms with E-state index in [-0.39, 0.29) is 39.1 Å². The van der Waals surface area contributed by atoms with Crippen LogP contribution in [0, 0.1) is 39.4 Å². The van der Waals surface area contributed by atoms with E-state index < -0.39 is 6.10 Å². The molecule has 1 N–H and O–H groups in total. The largest absolute Gasteiger partial charge is 0.393 e. The predicted molar refractivity (Wildman–Crippen MR) is 134 cm³/mol. The first-order chi connectivity index (χ1) is 15.2. The highest BCUT2D eigenvalue weighted by Crippen LogP contribution is 2.71. The molecule has 0 aliphatic heterocycles. The van der Waals surface area contributed by atoms with Crippen LogP contribution >= 0.6 is 0 Å². The number of aliphatic hydroxyl groups excluding tert-OH is 1. The SMILES string of the molecule is CC(C)=CCC[C@@H](C)[C@H]1CC[C@@]2(C)C3=C(C(=O)C[C@]12C)[C@@]1(C)CC[C@H](O)C(C)(C)[C@@H]1CC3=O. The highest BCUT2D eigenvalue weighted by atomic mass is 16.3. The number of carbonyl (C=O) groups is 2. The fourth-order valence-corrected chi connectivity index (χ4v) is 8.94. The van der Waals surface area contributed by atoms with E-state index in [0.29, 0.717) is 31.1 Å². The molecule has 2 fully saturated rings. The number of hydrogen-bond acceptors (Lipinski definition) is 3. The molecule has 2 saturated carbocycles. The zero-order valence-electron chi connectivity index (χ0n) is 22.3. The molecular weight excluding hydrogens is 408 g/mol. The van der Waals surface area contributed by atoms with Crippen molar-refractivity contribution in [1.29, 1.82) is 0 Å². The summed E-state index contributed by atoms with van der Waals surface area (Å²) in [7, 11) is 0. The highest BCUT2D eigenvalue weighted by molar-refractivity contribution is 6.11. The minimum absolute atomic E-state index is 0.0251. The van der Waals surface area contributed by atoms with Crippen molar-refractivity contribution < 1.29 is 14.7 Å². The fourth-order valence-electron chi connectivity index (χ4n) is 8.94. The molecule has 4 rings (SSSR count). The molecule has 0 radical (unpaired) electrons. The fraction of sp³-hybridized carbons (Fsp3) is 0.800. The molecule has 3 nitrogen and oxygen atoms in total. The number of ketones is 2. The molecule has 0 aromatic heterocycles. The Hall–Kier alpha value is -1.22. The van der Waals surface area contributed by atoms with Crippen LogP contribution in [-0.4, -0.2) is 22.8 Å². The average Bonchev–Trinajstić information content (AvgIpc) is 2.97. The summed E-state index contributed by atoms with van der Waals surface area (Å²) in [6.45, 7) is 17.7. The molecule has 7 atom stereocenters. The van der Waals surface area contributed by atoms with Crippen LogP contribution in [0.5, 0.6) is 0 Å². The number of rotatable bonds is 4. The van der Waals surface area contributed by atoms with Crippen LogP contribution in [0.2, 0.25) is 0 Å². The molecular formula is C30H46O3. The first kappa shape index (κ1) is 24.9. The Kier molecular flexibility index (Phi) is 5.96. The van der Waals surface area contributed by atoms with E-state index in [0.717, 1.165) is 43.3 Å². The van der Waals surface area contributed by atoms with Gasteiger partial charge < -0.3 is 5.11 Å². The van der Waals surface area contributed by atoms with E-state index >= 15 is 0 Å². The first-order valence-corrected chi connectivity index (χ1v) is 13.3. The van der Waals surface area contributed by atoms with Crippen molar-refractivity contribution in [3.05, 3.63) is 22.8 Å². The van der Waals surface area contributed by atoms with E-state index in [1.807, 2.05) is 0 Å². The summed E-state index contributed by atoms with van der Waals surface area (Å²) in [6.07, 6.45) is 8.79. The zero-order chi connectivity index (χ0) is 24.6. The summed E-state index contributed by atoms with van der Waals surface area (Å²) < 4.78 is 0. The Bertz CT molecular complexity index is 919. The smallest absolute Gasteiger partial charge is 0.160 e. The Balaban J connectivity index is 1.76. The lowest BCUT2D eigenvalue weighted by Crippen LogP contribution is -2.59. The minimum Gasteiger partial charge on any atom is -0.393 e. The molecule has 0 spiro atoms. The third kappa shape index (κ3) is 3.39. The lowest BCUT2D eigenvalue weighted by Gasteiger charge is -2.60. The highest BCUT2D eigenvalue weighted by Gasteiger charge is 2.67. The van der Waals surface area contributed by atoms with Gasteiger partial charge in [-0.2, -0.15) is 0 Å². The molecule has 3 heteroatoms. The number of aliphatic hydroxyl groups is 1. The van der Waals surface area contributed by atoms with E-state index in [2.05, 4.69) is 61.5 Å². The standard InChI is InChI=1S/C30H46O3/c1-18(2)10-9-11-19(3)20-12-15-29(7)26-21(31)16-23-27(4,5)24(33)13-14-28(23,6)25(26)22(32)17-30(20,29)8/h10,19-20,23-24,33H,9,11-17H2,1-8H3/t19-,20-,23+,24+,28+,29+,30-/m1/s1. The molecule has 0 aromatic rings. The van der Waals surface area contributed by atoms with Crippen LogP contribution in [0.15, 0.2) is 22.8 Å². The molecule has 4 aliphatic carbocycles. The minimum atomic E-state index is -0.414. The molecule has 0 bridgehead atoms. The Labute approximate surface area is 201 Å². The van der Waals surface area contributed by atoms with Crippen LogP contribution in [0.1, 0.15) is 107 Å². The molecule has 0 heterocycles. The van der Waals surface area contributed by atoms with Crippen LogP contribution in [0.4, 0.5) is 0 Å². The second-order valence-corrected chi connectivity index (χ2v) is 13.6. The molecule has 0 amide bonds. The summed E-state index contributed by atoms with van der Waals surface area (Å²) >= 11 is 0. The van der Waals surface area contributed by atoms with Gasteiger partial charge in [-0.1, -0.05) is 53.2 Å². The third-order valence-corrected chi connectivity index (χ3v) is 11.2. The van der Waals surface area contributed by atoms with Gasteiger partial charge in [0.1, 0.15) is 0 Å².